The van der Waals surface area contributed by atoms with Crippen LogP contribution in [0.4, 0.5) is 17.1 Å². The Labute approximate surface area is 340 Å². The first-order valence-electron chi connectivity index (χ1n) is 22.5. The molecule has 0 saturated heterocycles. The average Bonchev–Trinajstić information content (AvgIpc) is 3.24. The van der Waals surface area contributed by atoms with Gasteiger partial charge in [-0.1, -0.05) is 115 Å². The van der Waals surface area contributed by atoms with E-state index in [1.54, 1.807) is 11.1 Å². The SMILES string of the molecule is c1ccc(-c2ccc(N(c3ccc(-c4ccccc4)cc3)c3ccc(-c4cccc(C5C6CC7CC(C6)CC5C7)c4)c(C45CC6CC(CC(C6)C4)C5)c3)cc2)cc1. The van der Waals surface area contributed by atoms with Crippen LogP contribution in [0.2, 0.25) is 0 Å². The first-order valence-corrected chi connectivity index (χ1v) is 22.5. The summed E-state index contributed by atoms with van der Waals surface area (Å²) in [6, 6.07) is 57.9. The first kappa shape index (κ1) is 34.2. The number of hydrogen-bond acceptors (Lipinski definition) is 1. The van der Waals surface area contributed by atoms with Crippen LogP contribution in [0.15, 0.2) is 152 Å². The molecule has 284 valence electrons. The van der Waals surface area contributed by atoms with E-state index in [0.717, 1.165) is 47.3 Å². The van der Waals surface area contributed by atoms with Crippen molar-refractivity contribution in [2.24, 2.45) is 41.4 Å². The van der Waals surface area contributed by atoms with Gasteiger partial charge in [-0.3, -0.25) is 0 Å². The van der Waals surface area contributed by atoms with E-state index in [-0.39, 0.29) is 5.41 Å². The highest BCUT2D eigenvalue weighted by Gasteiger charge is 2.53. The third-order valence-corrected chi connectivity index (χ3v) is 16.1. The number of anilines is 3. The molecule has 0 unspecified atom stereocenters. The Morgan fingerprint density at radius 3 is 1.35 bits per heavy atom. The van der Waals surface area contributed by atoms with E-state index in [4.69, 9.17) is 0 Å². The fraction of sp³-hybridized carbons (Fsp3) is 0.357. The standard InChI is InChI=1S/C56H55N/c1-3-8-42(9-4-1)44-14-18-50(19-15-44)57(51-20-16-45(17-21-51)43-10-5-2-6-11-43)52-22-23-53(54(33-52)56-34-39-25-40(35-56)27-41(26-39)36-56)46-12-7-13-47(32-46)55-48-28-37-24-38(30-48)31-49(55)29-37/h1-23,32-33,37-41,48-49,55H,24-31,34-36H2. The van der Waals surface area contributed by atoms with Crippen molar-refractivity contribution in [3.63, 3.8) is 0 Å². The molecule has 8 fully saturated rings. The van der Waals surface area contributed by atoms with Crippen LogP contribution in [0.3, 0.4) is 0 Å². The Bertz CT molecular complexity index is 2240. The maximum Gasteiger partial charge on any atom is 0.0464 e. The molecular weight excluding hydrogens is 687 g/mol. The van der Waals surface area contributed by atoms with Crippen molar-refractivity contribution in [3.8, 4) is 33.4 Å². The van der Waals surface area contributed by atoms with Crippen molar-refractivity contribution in [1.29, 1.82) is 0 Å². The van der Waals surface area contributed by atoms with Crippen molar-refractivity contribution < 1.29 is 0 Å². The van der Waals surface area contributed by atoms with Crippen molar-refractivity contribution in [3.05, 3.63) is 163 Å². The molecule has 6 aromatic carbocycles. The lowest BCUT2D eigenvalue weighted by atomic mass is 9.47. The quantitative estimate of drug-likeness (QED) is 0.150. The fourth-order valence-electron chi connectivity index (χ4n) is 14.5. The monoisotopic (exact) mass is 741 g/mol. The van der Waals surface area contributed by atoms with Gasteiger partial charge in [0, 0.05) is 17.1 Å². The van der Waals surface area contributed by atoms with Crippen LogP contribution < -0.4 is 4.90 Å². The van der Waals surface area contributed by atoms with Crippen LogP contribution in [-0.4, -0.2) is 0 Å². The maximum absolute atomic E-state index is 2.67. The molecule has 8 bridgehead atoms. The summed E-state index contributed by atoms with van der Waals surface area (Å²) >= 11 is 0. The molecule has 8 aliphatic rings. The lowest BCUT2D eigenvalue weighted by Gasteiger charge is -2.57. The van der Waals surface area contributed by atoms with Gasteiger partial charge in [0.05, 0.1) is 0 Å². The lowest BCUT2D eigenvalue weighted by molar-refractivity contribution is -0.00494. The van der Waals surface area contributed by atoms with Gasteiger partial charge in [-0.05, 0) is 204 Å². The van der Waals surface area contributed by atoms with Gasteiger partial charge in [-0.15, -0.1) is 0 Å². The van der Waals surface area contributed by atoms with Gasteiger partial charge < -0.3 is 4.90 Å². The van der Waals surface area contributed by atoms with Gasteiger partial charge in [0.1, 0.15) is 0 Å². The molecule has 1 nitrogen and oxygen atoms in total. The number of rotatable bonds is 8. The molecule has 0 atom stereocenters. The van der Waals surface area contributed by atoms with Gasteiger partial charge in [0.15, 0.2) is 0 Å². The average molecular weight is 742 g/mol. The molecule has 0 aromatic heterocycles. The number of benzene rings is 6. The molecule has 8 aliphatic carbocycles. The number of hydrogen-bond donors (Lipinski definition) is 0. The fourth-order valence-corrected chi connectivity index (χ4v) is 14.5. The zero-order chi connectivity index (χ0) is 37.5. The Hall–Kier alpha value is -4.88. The molecule has 0 spiro atoms. The first-order chi connectivity index (χ1) is 28.1. The summed E-state index contributed by atoms with van der Waals surface area (Å²) in [6.45, 7) is 0. The highest BCUT2D eigenvalue weighted by atomic mass is 15.1. The summed E-state index contributed by atoms with van der Waals surface area (Å²) in [6.07, 6.45) is 15.9. The van der Waals surface area contributed by atoms with Crippen LogP contribution in [0.1, 0.15) is 87.7 Å². The Morgan fingerprint density at radius 1 is 0.368 bits per heavy atom. The van der Waals surface area contributed by atoms with E-state index in [1.165, 1.54) is 121 Å². The van der Waals surface area contributed by atoms with E-state index in [0.29, 0.717) is 0 Å². The second kappa shape index (κ2) is 13.6. The summed E-state index contributed by atoms with van der Waals surface area (Å²) in [5, 5.41) is 0. The van der Waals surface area contributed by atoms with Crippen LogP contribution in [-0.2, 0) is 5.41 Å². The van der Waals surface area contributed by atoms with Crippen molar-refractivity contribution >= 4 is 17.1 Å². The Balaban J connectivity index is 0.988. The van der Waals surface area contributed by atoms with Crippen LogP contribution in [0, 0.1) is 41.4 Å². The van der Waals surface area contributed by atoms with E-state index < -0.39 is 0 Å². The minimum absolute atomic E-state index is 0.263. The molecule has 6 aromatic rings. The zero-order valence-electron chi connectivity index (χ0n) is 33.3. The van der Waals surface area contributed by atoms with Crippen molar-refractivity contribution in [2.45, 2.75) is 82.0 Å². The molecule has 0 N–H and O–H groups in total. The van der Waals surface area contributed by atoms with Gasteiger partial charge in [0.25, 0.3) is 0 Å². The van der Waals surface area contributed by atoms with Crippen molar-refractivity contribution in [2.75, 3.05) is 4.90 Å². The molecule has 0 aliphatic heterocycles. The van der Waals surface area contributed by atoms with E-state index >= 15 is 0 Å². The van der Waals surface area contributed by atoms with Gasteiger partial charge >= 0.3 is 0 Å². The highest BCUT2D eigenvalue weighted by Crippen LogP contribution is 2.63. The second-order valence-electron chi connectivity index (χ2n) is 19.7. The van der Waals surface area contributed by atoms with Gasteiger partial charge in [-0.25, -0.2) is 0 Å². The summed E-state index contributed by atoms with van der Waals surface area (Å²) < 4.78 is 0. The molecule has 0 amide bonds. The third-order valence-electron chi connectivity index (χ3n) is 16.1. The van der Waals surface area contributed by atoms with E-state index in [2.05, 4.69) is 157 Å². The summed E-state index contributed by atoms with van der Waals surface area (Å²) in [4.78, 5) is 2.53. The van der Waals surface area contributed by atoms with Crippen molar-refractivity contribution in [1.82, 2.24) is 0 Å². The van der Waals surface area contributed by atoms with Crippen LogP contribution >= 0.6 is 0 Å². The molecule has 1 heteroatoms. The topological polar surface area (TPSA) is 3.24 Å². The van der Waals surface area contributed by atoms with Crippen LogP contribution in [0.25, 0.3) is 33.4 Å². The number of nitrogens with zero attached hydrogens (tertiary/aromatic N) is 1. The van der Waals surface area contributed by atoms with E-state index in [1.807, 2.05) is 0 Å². The maximum atomic E-state index is 2.67. The Kier molecular flexibility index (Phi) is 8.17. The Morgan fingerprint density at radius 2 is 0.825 bits per heavy atom. The minimum Gasteiger partial charge on any atom is -0.310 e. The minimum atomic E-state index is 0.263. The molecular formula is C56H55N. The summed E-state index contributed by atoms with van der Waals surface area (Å²) in [5.41, 5.74) is 15.2. The summed E-state index contributed by atoms with van der Waals surface area (Å²) in [5.74, 6) is 7.24. The molecule has 57 heavy (non-hydrogen) atoms. The predicted molar refractivity (Wildman–Crippen MR) is 237 cm³/mol. The largest absolute Gasteiger partial charge is 0.310 e. The van der Waals surface area contributed by atoms with Gasteiger partial charge in [0.2, 0.25) is 0 Å². The molecule has 0 radical (unpaired) electrons. The molecule has 14 rings (SSSR count). The zero-order valence-corrected chi connectivity index (χ0v) is 33.3. The third kappa shape index (κ3) is 6.02. The predicted octanol–water partition coefficient (Wildman–Crippen LogP) is 15.2. The molecule has 8 saturated carbocycles. The van der Waals surface area contributed by atoms with E-state index in [9.17, 15) is 0 Å². The highest BCUT2D eigenvalue weighted by molar-refractivity contribution is 5.83. The lowest BCUT2D eigenvalue weighted by Crippen LogP contribution is -2.48. The van der Waals surface area contributed by atoms with Gasteiger partial charge in [-0.2, -0.15) is 0 Å². The molecule has 0 heterocycles. The smallest absolute Gasteiger partial charge is 0.0464 e. The second-order valence-corrected chi connectivity index (χ2v) is 19.7. The summed E-state index contributed by atoms with van der Waals surface area (Å²) in [7, 11) is 0. The normalized spacial score (nSPS) is 30.5. The van der Waals surface area contributed by atoms with Crippen LogP contribution in [0.5, 0.6) is 0 Å².